The summed E-state index contributed by atoms with van der Waals surface area (Å²) < 4.78 is 5.19. The Morgan fingerprint density at radius 1 is 1.13 bits per heavy atom. The van der Waals surface area contributed by atoms with Crippen molar-refractivity contribution >= 4 is 35.6 Å². The third-order valence-corrected chi connectivity index (χ3v) is 3.54. The lowest BCUT2D eigenvalue weighted by molar-refractivity contribution is 0.415. The number of hydrogen-bond acceptors (Lipinski definition) is 2. The fourth-order valence-electron chi connectivity index (χ4n) is 2.15. The van der Waals surface area contributed by atoms with Crippen LogP contribution in [0.2, 0.25) is 0 Å². The van der Waals surface area contributed by atoms with E-state index in [2.05, 4.69) is 36.3 Å². The van der Waals surface area contributed by atoms with E-state index in [4.69, 9.17) is 10.5 Å². The highest BCUT2D eigenvalue weighted by atomic mass is 127. The molecule has 0 spiro atoms. The van der Waals surface area contributed by atoms with Crippen molar-refractivity contribution in [1.29, 1.82) is 0 Å². The average molecular weight is 425 g/mol. The summed E-state index contributed by atoms with van der Waals surface area (Å²) >= 11 is 0. The molecule has 0 fully saturated rings. The molecule has 2 aromatic rings. The highest BCUT2D eigenvalue weighted by Gasteiger charge is 2.19. The first-order valence-electron chi connectivity index (χ1n) is 7.28. The van der Waals surface area contributed by atoms with Crippen molar-refractivity contribution in [1.82, 2.24) is 0 Å². The summed E-state index contributed by atoms with van der Waals surface area (Å²) in [7, 11) is 1.64. The van der Waals surface area contributed by atoms with E-state index in [0.717, 1.165) is 11.4 Å². The Balaban J connectivity index is 0.00000264. The van der Waals surface area contributed by atoms with Crippen LogP contribution >= 0.6 is 24.0 Å². The number of rotatable bonds is 5. The molecule has 23 heavy (non-hydrogen) atoms. The predicted octanol–water partition coefficient (Wildman–Crippen LogP) is 4.02. The van der Waals surface area contributed by atoms with Crippen molar-refractivity contribution in [3.8, 4) is 5.75 Å². The van der Waals surface area contributed by atoms with Gasteiger partial charge in [0.1, 0.15) is 5.75 Å². The maximum absolute atomic E-state index is 5.98. The number of ether oxygens (including phenoxy) is 1. The number of nitrogens with one attached hydrogen (secondary N) is 1. The van der Waals surface area contributed by atoms with Crippen LogP contribution in [0.4, 0.5) is 5.69 Å². The van der Waals surface area contributed by atoms with Gasteiger partial charge in [0.05, 0.1) is 13.7 Å². The second-order valence-corrected chi connectivity index (χ2v) is 5.81. The smallest absolute Gasteiger partial charge is 0.193 e. The molecule has 2 rings (SSSR count). The SMILES string of the molecule is COc1cccc(NC(N)=NCC(C)(C)c2ccccc2)c1.I. The Morgan fingerprint density at radius 3 is 2.48 bits per heavy atom. The molecular formula is C18H24IN3O. The van der Waals surface area contributed by atoms with Crippen molar-refractivity contribution in [3.05, 3.63) is 60.2 Å². The average Bonchev–Trinajstić information content (AvgIpc) is 2.54. The second-order valence-electron chi connectivity index (χ2n) is 5.81. The van der Waals surface area contributed by atoms with E-state index in [0.29, 0.717) is 12.5 Å². The van der Waals surface area contributed by atoms with Crippen LogP contribution in [0.25, 0.3) is 0 Å². The van der Waals surface area contributed by atoms with Gasteiger partial charge < -0.3 is 15.8 Å². The number of anilines is 1. The van der Waals surface area contributed by atoms with Gasteiger partial charge in [-0.05, 0) is 17.7 Å². The standard InChI is InChI=1S/C18H23N3O.HI/c1-18(2,14-8-5-4-6-9-14)13-20-17(19)21-15-10-7-11-16(12-15)22-3;/h4-12H,13H2,1-3H3,(H3,19,20,21);1H. The van der Waals surface area contributed by atoms with Crippen molar-refractivity contribution in [3.63, 3.8) is 0 Å². The Hall–Kier alpha value is -1.76. The van der Waals surface area contributed by atoms with E-state index in [1.165, 1.54) is 5.56 Å². The zero-order valence-corrected chi connectivity index (χ0v) is 16.1. The molecule has 0 unspecified atom stereocenters. The van der Waals surface area contributed by atoms with Crippen LogP contribution in [0.5, 0.6) is 5.75 Å². The van der Waals surface area contributed by atoms with Gasteiger partial charge in [-0.3, -0.25) is 4.99 Å². The fraction of sp³-hybridized carbons (Fsp3) is 0.278. The number of guanidine groups is 1. The van der Waals surface area contributed by atoms with E-state index in [-0.39, 0.29) is 29.4 Å². The zero-order valence-electron chi connectivity index (χ0n) is 13.7. The van der Waals surface area contributed by atoms with Crippen LogP contribution in [-0.2, 0) is 5.41 Å². The molecule has 0 radical (unpaired) electrons. The van der Waals surface area contributed by atoms with Crippen LogP contribution in [0, 0.1) is 0 Å². The molecule has 0 aliphatic rings. The van der Waals surface area contributed by atoms with Gasteiger partial charge in [0.2, 0.25) is 0 Å². The number of nitrogens with zero attached hydrogens (tertiary/aromatic N) is 1. The quantitative estimate of drug-likeness (QED) is 0.432. The first-order chi connectivity index (χ1) is 10.5. The van der Waals surface area contributed by atoms with E-state index in [1.807, 2.05) is 42.5 Å². The molecule has 0 saturated carbocycles. The van der Waals surface area contributed by atoms with Crippen LogP contribution in [0.3, 0.4) is 0 Å². The predicted molar refractivity (Wildman–Crippen MR) is 108 cm³/mol. The summed E-state index contributed by atoms with van der Waals surface area (Å²) in [4.78, 5) is 4.47. The molecule has 0 bridgehead atoms. The van der Waals surface area contributed by atoms with Gasteiger partial charge in [-0.15, -0.1) is 24.0 Å². The molecule has 0 amide bonds. The number of nitrogens with two attached hydrogens (primary N) is 1. The molecule has 0 heterocycles. The second kappa shape index (κ2) is 8.76. The Labute approximate surface area is 155 Å². The maximum Gasteiger partial charge on any atom is 0.193 e. The highest BCUT2D eigenvalue weighted by Crippen LogP contribution is 2.23. The van der Waals surface area contributed by atoms with Crippen molar-refractivity contribution in [2.24, 2.45) is 10.7 Å². The Kier molecular flexibility index (Phi) is 7.35. The lowest BCUT2D eigenvalue weighted by Crippen LogP contribution is -2.27. The normalized spacial score (nSPS) is 11.5. The molecule has 2 aromatic carbocycles. The van der Waals surface area contributed by atoms with Gasteiger partial charge >= 0.3 is 0 Å². The van der Waals surface area contributed by atoms with Gasteiger partial charge in [0.15, 0.2) is 5.96 Å². The zero-order chi connectivity index (χ0) is 16.0. The number of aliphatic imine (C=N–C) groups is 1. The summed E-state index contributed by atoms with van der Waals surface area (Å²) in [6.07, 6.45) is 0. The van der Waals surface area contributed by atoms with E-state index in [9.17, 15) is 0 Å². The van der Waals surface area contributed by atoms with E-state index < -0.39 is 0 Å². The summed E-state index contributed by atoms with van der Waals surface area (Å²) in [6, 6.07) is 17.9. The van der Waals surface area contributed by atoms with Crippen LogP contribution < -0.4 is 15.8 Å². The fourth-order valence-corrected chi connectivity index (χ4v) is 2.15. The Morgan fingerprint density at radius 2 is 1.83 bits per heavy atom. The van der Waals surface area contributed by atoms with Gasteiger partial charge in [-0.2, -0.15) is 0 Å². The van der Waals surface area contributed by atoms with Gasteiger partial charge in [-0.25, -0.2) is 0 Å². The van der Waals surface area contributed by atoms with Gasteiger partial charge in [0.25, 0.3) is 0 Å². The van der Waals surface area contributed by atoms with Crippen molar-refractivity contribution in [2.75, 3.05) is 19.0 Å². The minimum absolute atomic E-state index is 0. The van der Waals surface area contributed by atoms with Crippen molar-refractivity contribution < 1.29 is 4.74 Å². The topological polar surface area (TPSA) is 59.6 Å². The van der Waals surface area contributed by atoms with E-state index in [1.54, 1.807) is 7.11 Å². The molecule has 0 aliphatic carbocycles. The third kappa shape index (κ3) is 5.74. The van der Waals surface area contributed by atoms with Crippen molar-refractivity contribution in [2.45, 2.75) is 19.3 Å². The molecule has 124 valence electrons. The third-order valence-electron chi connectivity index (χ3n) is 3.54. The van der Waals surface area contributed by atoms with Crippen LogP contribution in [-0.4, -0.2) is 19.6 Å². The lowest BCUT2D eigenvalue weighted by Gasteiger charge is -2.23. The Bertz CT molecular complexity index is 642. The summed E-state index contributed by atoms with van der Waals surface area (Å²) in [5.41, 5.74) is 8.02. The highest BCUT2D eigenvalue weighted by molar-refractivity contribution is 14.0. The minimum atomic E-state index is -0.0675. The van der Waals surface area contributed by atoms with Gasteiger partial charge in [-0.1, -0.05) is 50.2 Å². The van der Waals surface area contributed by atoms with E-state index >= 15 is 0 Å². The number of methoxy groups -OCH3 is 1. The van der Waals surface area contributed by atoms with Gasteiger partial charge in [0, 0.05) is 17.2 Å². The molecule has 4 nitrogen and oxygen atoms in total. The molecule has 0 aromatic heterocycles. The first kappa shape index (κ1) is 19.3. The molecule has 5 heteroatoms. The monoisotopic (exact) mass is 425 g/mol. The number of benzene rings is 2. The molecule has 0 saturated heterocycles. The number of hydrogen-bond donors (Lipinski definition) is 2. The maximum atomic E-state index is 5.98. The minimum Gasteiger partial charge on any atom is -0.497 e. The molecule has 0 aliphatic heterocycles. The molecule has 0 atom stereocenters. The first-order valence-corrected chi connectivity index (χ1v) is 7.28. The lowest BCUT2D eigenvalue weighted by atomic mass is 9.85. The summed E-state index contributed by atoms with van der Waals surface area (Å²) in [5, 5.41) is 3.09. The molecule has 3 N–H and O–H groups in total. The summed E-state index contributed by atoms with van der Waals surface area (Å²) in [6.45, 7) is 4.93. The van der Waals surface area contributed by atoms with Crippen LogP contribution in [0.1, 0.15) is 19.4 Å². The van der Waals surface area contributed by atoms with Crippen LogP contribution in [0.15, 0.2) is 59.6 Å². The number of halogens is 1. The largest absolute Gasteiger partial charge is 0.497 e. The molecular weight excluding hydrogens is 401 g/mol. The summed E-state index contributed by atoms with van der Waals surface area (Å²) in [5.74, 6) is 1.18.